The molecular weight excluding hydrogens is 283 g/mol. The zero-order valence-corrected chi connectivity index (χ0v) is 13.3. The van der Waals surface area contributed by atoms with Gasteiger partial charge in [0.25, 0.3) is 5.91 Å². The first kappa shape index (κ1) is 18.2. The highest BCUT2D eigenvalue weighted by molar-refractivity contribution is 6.30. The van der Waals surface area contributed by atoms with E-state index in [1.165, 1.54) is 0 Å². The topological polar surface area (TPSA) is 29.1 Å². The number of rotatable bonds is 6. The van der Waals surface area contributed by atoms with Crippen molar-refractivity contribution in [3.8, 4) is 0 Å². The number of nitrogens with one attached hydrogen (secondary N) is 1. The van der Waals surface area contributed by atoms with E-state index in [-0.39, 0.29) is 18.3 Å². The molecule has 108 valence electrons. The van der Waals surface area contributed by atoms with Crippen molar-refractivity contribution >= 4 is 17.5 Å². The van der Waals surface area contributed by atoms with E-state index >= 15 is 0 Å². The third-order valence-electron chi connectivity index (χ3n) is 3.67. The molecule has 5 heteroatoms. The van der Waals surface area contributed by atoms with Crippen LogP contribution in [0.1, 0.15) is 31.1 Å². The molecular formula is C14H22Cl2N2O. The summed E-state index contributed by atoms with van der Waals surface area (Å²) in [5.74, 6) is -0.0599. The standard InChI is InChI=1S/C14H21ClN2O.ClH/c1-4-17(5-2,6-3)11-16-14(18)12-8-7-9-13(15)10-12;/h7-10H,4-6,11H2,1-3H3;1H. The van der Waals surface area contributed by atoms with Crippen molar-refractivity contribution in [3.05, 3.63) is 34.9 Å². The lowest BCUT2D eigenvalue weighted by Gasteiger charge is -2.35. The van der Waals surface area contributed by atoms with E-state index in [0.29, 0.717) is 17.3 Å². The molecule has 0 unspecified atom stereocenters. The zero-order chi connectivity index (χ0) is 13.6. The predicted molar refractivity (Wildman–Crippen MR) is 75.7 cm³/mol. The van der Waals surface area contributed by atoms with Crippen molar-refractivity contribution in [2.45, 2.75) is 20.8 Å². The first-order valence-electron chi connectivity index (χ1n) is 6.45. The van der Waals surface area contributed by atoms with Crippen molar-refractivity contribution in [2.75, 3.05) is 26.3 Å². The summed E-state index contributed by atoms with van der Waals surface area (Å²) in [4.78, 5) is 12.0. The molecule has 3 nitrogen and oxygen atoms in total. The zero-order valence-electron chi connectivity index (χ0n) is 11.7. The van der Waals surface area contributed by atoms with Gasteiger partial charge in [0.1, 0.15) is 0 Å². The van der Waals surface area contributed by atoms with Crippen LogP contribution in [0.4, 0.5) is 0 Å². The first-order chi connectivity index (χ1) is 8.56. The van der Waals surface area contributed by atoms with E-state index in [4.69, 9.17) is 11.6 Å². The van der Waals surface area contributed by atoms with E-state index < -0.39 is 0 Å². The van der Waals surface area contributed by atoms with Crippen LogP contribution >= 0.6 is 11.6 Å². The fourth-order valence-corrected chi connectivity index (χ4v) is 2.17. The predicted octanol–water partition coefficient (Wildman–Crippen LogP) is -0.0922. The summed E-state index contributed by atoms with van der Waals surface area (Å²) < 4.78 is 0.895. The second-order valence-corrected chi connectivity index (χ2v) is 4.90. The van der Waals surface area contributed by atoms with Crippen molar-refractivity contribution in [1.29, 1.82) is 0 Å². The summed E-state index contributed by atoms with van der Waals surface area (Å²) >= 11 is 5.88. The van der Waals surface area contributed by atoms with E-state index in [1.807, 2.05) is 0 Å². The van der Waals surface area contributed by atoms with Gasteiger partial charge in [0, 0.05) is 10.6 Å². The number of hydrogen-bond donors (Lipinski definition) is 1. The van der Waals surface area contributed by atoms with Crippen LogP contribution in [0, 0.1) is 0 Å². The lowest BCUT2D eigenvalue weighted by Crippen LogP contribution is -3.00. The lowest BCUT2D eigenvalue weighted by molar-refractivity contribution is -0.924. The molecule has 0 aromatic heterocycles. The Morgan fingerprint density at radius 2 is 1.79 bits per heavy atom. The Bertz CT molecular complexity index is 398. The number of nitrogens with zero attached hydrogens (tertiary/aromatic N) is 1. The molecule has 0 saturated carbocycles. The minimum absolute atomic E-state index is 0. The van der Waals surface area contributed by atoms with Crippen LogP contribution in [0.15, 0.2) is 24.3 Å². The molecule has 19 heavy (non-hydrogen) atoms. The molecule has 0 spiro atoms. The summed E-state index contributed by atoms with van der Waals surface area (Å²) in [6.45, 7) is 10.2. The second-order valence-electron chi connectivity index (χ2n) is 4.46. The third kappa shape index (κ3) is 5.01. The summed E-state index contributed by atoms with van der Waals surface area (Å²) in [5, 5.41) is 3.58. The van der Waals surface area contributed by atoms with Gasteiger partial charge in [-0.1, -0.05) is 17.7 Å². The van der Waals surface area contributed by atoms with Gasteiger partial charge < -0.3 is 22.2 Å². The van der Waals surface area contributed by atoms with E-state index in [9.17, 15) is 4.79 Å². The summed E-state index contributed by atoms with van der Waals surface area (Å²) in [5.41, 5.74) is 0.615. The Hall–Kier alpha value is -0.770. The van der Waals surface area contributed by atoms with Gasteiger partial charge in [-0.15, -0.1) is 0 Å². The molecule has 1 N–H and O–H groups in total. The van der Waals surface area contributed by atoms with Crippen LogP contribution in [-0.2, 0) is 0 Å². The van der Waals surface area contributed by atoms with Gasteiger partial charge in [-0.3, -0.25) is 4.79 Å². The van der Waals surface area contributed by atoms with Crippen LogP contribution in [0.2, 0.25) is 5.02 Å². The summed E-state index contributed by atoms with van der Waals surface area (Å²) in [6, 6.07) is 7.02. The SMILES string of the molecule is CC[N+](CC)(CC)CNC(=O)c1cccc(Cl)c1.[Cl-]. The number of carbonyl (C=O) groups excluding carboxylic acids is 1. The quantitative estimate of drug-likeness (QED) is 0.577. The molecule has 1 aromatic carbocycles. The molecule has 0 bridgehead atoms. The minimum atomic E-state index is -0.0599. The fourth-order valence-electron chi connectivity index (χ4n) is 1.98. The Morgan fingerprint density at radius 1 is 1.21 bits per heavy atom. The normalized spacial score (nSPS) is 10.7. The molecule has 0 atom stereocenters. The van der Waals surface area contributed by atoms with E-state index in [2.05, 4.69) is 26.1 Å². The maximum absolute atomic E-state index is 12.0. The molecule has 0 fully saturated rings. The summed E-state index contributed by atoms with van der Waals surface area (Å²) in [7, 11) is 0. The second kappa shape index (κ2) is 8.41. The van der Waals surface area contributed by atoms with Gasteiger partial charge in [-0.05, 0) is 39.0 Å². The molecule has 1 aromatic rings. The maximum Gasteiger partial charge on any atom is 0.255 e. The van der Waals surface area contributed by atoms with Crippen molar-refractivity contribution in [1.82, 2.24) is 5.32 Å². The molecule has 0 aliphatic heterocycles. The highest BCUT2D eigenvalue weighted by Crippen LogP contribution is 2.11. The van der Waals surface area contributed by atoms with Crippen molar-refractivity contribution in [2.24, 2.45) is 0 Å². The molecule has 1 amide bonds. The summed E-state index contributed by atoms with van der Waals surface area (Å²) in [6.07, 6.45) is 0. The fraction of sp³-hybridized carbons (Fsp3) is 0.500. The smallest absolute Gasteiger partial charge is 0.255 e. The van der Waals surface area contributed by atoms with Gasteiger partial charge >= 0.3 is 0 Å². The number of quaternary nitrogens is 1. The Labute approximate surface area is 126 Å². The monoisotopic (exact) mass is 304 g/mol. The van der Waals surface area contributed by atoms with Gasteiger partial charge in [-0.25, -0.2) is 0 Å². The van der Waals surface area contributed by atoms with Crippen LogP contribution < -0.4 is 17.7 Å². The van der Waals surface area contributed by atoms with E-state index in [0.717, 1.165) is 24.1 Å². The van der Waals surface area contributed by atoms with Crippen molar-refractivity contribution in [3.63, 3.8) is 0 Å². The molecule has 1 rings (SSSR count). The van der Waals surface area contributed by atoms with Gasteiger partial charge in [0.15, 0.2) is 6.67 Å². The Balaban J connectivity index is 0.00000324. The van der Waals surface area contributed by atoms with Crippen LogP contribution in [0.5, 0.6) is 0 Å². The molecule has 0 heterocycles. The van der Waals surface area contributed by atoms with Crippen LogP contribution in [0.25, 0.3) is 0 Å². The third-order valence-corrected chi connectivity index (χ3v) is 3.91. The van der Waals surface area contributed by atoms with Crippen molar-refractivity contribution < 1.29 is 21.7 Å². The van der Waals surface area contributed by atoms with Gasteiger partial charge in [0.05, 0.1) is 19.6 Å². The first-order valence-corrected chi connectivity index (χ1v) is 6.83. The number of amides is 1. The number of carbonyl (C=O) groups is 1. The number of hydrogen-bond acceptors (Lipinski definition) is 1. The maximum atomic E-state index is 12.0. The Morgan fingerprint density at radius 3 is 2.26 bits per heavy atom. The molecule has 0 radical (unpaired) electrons. The average molecular weight is 305 g/mol. The van der Waals surface area contributed by atoms with E-state index in [1.54, 1.807) is 24.3 Å². The van der Waals surface area contributed by atoms with Crippen LogP contribution in [-0.4, -0.2) is 36.7 Å². The molecule has 0 saturated heterocycles. The number of benzene rings is 1. The Kier molecular flexibility index (Phi) is 8.07. The molecule has 0 aliphatic rings. The molecule has 0 aliphatic carbocycles. The lowest BCUT2D eigenvalue weighted by atomic mass is 10.2. The van der Waals surface area contributed by atoms with Crippen LogP contribution in [0.3, 0.4) is 0 Å². The minimum Gasteiger partial charge on any atom is -1.00 e. The largest absolute Gasteiger partial charge is 1.00 e. The average Bonchev–Trinajstić information content (AvgIpc) is 2.40. The van der Waals surface area contributed by atoms with Gasteiger partial charge in [0.2, 0.25) is 0 Å². The highest BCUT2D eigenvalue weighted by atomic mass is 35.5. The van der Waals surface area contributed by atoms with Gasteiger partial charge in [-0.2, -0.15) is 0 Å². The number of halogens is 2. The highest BCUT2D eigenvalue weighted by Gasteiger charge is 2.21.